The molecule has 1 saturated heterocycles. The lowest BCUT2D eigenvalue weighted by atomic mass is 10.1. The van der Waals surface area contributed by atoms with Gasteiger partial charge in [-0.3, -0.25) is 9.69 Å². The van der Waals surface area contributed by atoms with Gasteiger partial charge in [-0.1, -0.05) is 18.2 Å². The number of aromatic nitrogens is 2. The Balaban J connectivity index is 0.00000131. The van der Waals surface area contributed by atoms with Crippen LogP contribution in [0, 0.1) is 0 Å². The molecule has 2 aromatic heterocycles. The first kappa shape index (κ1) is 21.7. The average molecular weight is 428 g/mol. The highest BCUT2D eigenvalue weighted by Crippen LogP contribution is 2.30. The van der Waals surface area contributed by atoms with Gasteiger partial charge in [-0.15, -0.1) is 36.2 Å². The highest BCUT2D eigenvalue weighted by Gasteiger charge is 2.17. The molecule has 1 aliphatic heterocycles. The van der Waals surface area contributed by atoms with Gasteiger partial charge in [0.25, 0.3) is 0 Å². The van der Waals surface area contributed by atoms with Crippen LogP contribution in [-0.4, -0.2) is 65.4 Å². The van der Waals surface area contributed by atoms with E-state index >= 15 is 0 Å². The lowest BCUT2D eigenvalue weighted by molar-refractivity contribution is -0.117. The van der Waals surface area contributed by atoms with Crippen LogP contribution >= 0.6 is 36.2 Å². The van der Waals surface area contributed by atoms with E-state index in [1.54, 1.807) is 0 Å². The van der Waals surface area contributed by atoms with Crippen molar-refractivity contribution in [3.05, 3.63) is 35.8 Å². The first-order chi connectivity index (χ1) is 12.2. The minimum atomic E-state index is 0. The molecule has 0 spiro atoms. The Bertz CT molecular complexity index is 889. The summed E-state index contributed by atoms with van der Waals surface area (Å²) in [4.78, 5) is 24.6. The van der Waals surface area contributed by atoms with Gasteiger partial charge in [0.1, 0.15) is 0 Å². The molecule has 6 nitrogen and oxygen atoms in total. The van der Waals surface area contributed by atoms with E-state index in [0.29, 0.717) is 11.7 Å². The van der Waals surface area contributed by atoms with Crippen molar-refractivity contribution in [2.75, 3.05) is 45.1 Å². The number of nitrogens with zero attached hydrogens (tertiary/aromatic N) is 3. The quantitative estimate of drug-likeness (QED) is 0.669. The molecule has 9 heteroatoms. The molecule has 4 rings (SSSR count). The van der Waals surface area contributed by atoms with Gasteiger partial charge >= 0.3 is 0 Å². The molecule has 1 fully saturated rings. The number of thiazole rings is 1. The van der Waals surface area contributed by atoms with Gasteiger partial charge in [0.15, 0.2) is 5.13 Å². The lowest BCUT2D eigenvalue weighted by Gasteiger charge is -2.31. The molecule has 1 aromatic carbocycles. The Morgan fingerprint density at radius 2 is 1.96 bits per heavy atom. The van der Waals surface area contributed by atoms with E-state index in [9.17, 15) is 4.79 Å². The molecule has 0 atom stereocenters. The minimum absolute atomic E-state index is 0. The van der Waals surface area contributed by atoms with Gasteiger partial charge in [0, 0.05) is 54.2 Å². The van der Waals surface area contributed by atoms with E-state index in [2.05, 4.69) is 38.2 Å². The van der Waals surface area contributed by atoms with Gasteiger partial charge in [0.05, 0.1) is 12.2 Å². The van der Waals surface area contributed by atoms with Crippen molar-refractivity contribution in [3.8, 4) is 11.3 Å². The highest BCUT2D eigenvalue weighted by molar-refractivity contribution is 7.14. The highest BCUT2D eigenvalue weighted by atomic mass is 35.5. The molecule has 0 radical (unpaired) electrons. The van der Waals surface area contributed by atoms with Crippen molar-refractivity contribution < 1.29 is 4.79 Å². The summed E-state index contributed by atoms with van der Waals surface area (Å²) in [6.07, 6.45) is 1.97. The summed E-state index contributed by atoms with van der Waals surface area (Å²) in [6, 6.07) is 8.15. The van der Waals surface area contributed by atoms with Crippen LogP contribution in [0.2, 0.25) is 0 Å². The van der Waals surface area contributed by atoms with Gasteiger partial charge < -0.3 is 15.2 Å². The van der Waals surface area contributed by atoms with Crippen LogP contribution in [-0.2, 0) is 4.79 Å². The second kappa shape index (κ2) is 9.52. The van der Waals surface area contributed by atoms with E-state index in [1.165, 1.54) is 11.3 Å². The Hall–Kier alpha value is -1.64. The van der Waals surface area contributed by atoms with Crippen LogP contribution in [0.1, 0.15) is 0 Å². The normalized spacial score (nSPS) is 15.1. The third-order valence-corrected chi connectivity index (χ3v) is 5.34. The van der Waals surface area contributed by atoms with Crippen molar-refractivity contribution in [2.24, 2.45) is 0 Å². The topological polar surface area (TPSA) is 64.3 Å². The number of likely N-dealkylation sites (N-methyl/N-ethyl adjacent to an activating group) is 1. The number of benzene rings is 1. The molecule has 1 amide bonds. The van der Waals surface area contributed by atoms with Crippen LogP contribution in [0.15, 0.2) is 35.8 Å². The Labute approximate surface area is 174 Å². The van der Waals surface area contributed by atoms with Crippen molar-refractivity contribution in [3.63, 3.8) is 0 Å². The maximum atomic E-state index is 12.3. The third-order valence-electron chi connectivity index (χ3n) is 4.58. The number of carbonyl (C=O) groups is 1. The zero-order chi connectivity index (χ0) is 17.2. The molecule has 27 heavy (non-hydrogen) atoms. The molecule has 146 valence electrons. The van der Waals surface area contributed by atoms with E-state index < -0.39 is 0 Å². The number of H-pyrrole nitrogens is 1. The summed E-state index contributed by atoms with van der Waals surface area (Å²) < 4.78 is 0. The molecule has 2 N–H and O–H groups in total. The number of carbonyl (C=O) groups excluding carboxylic acids is 1. The largest absolute Gasteiger partial charge is 0.360 e. The Morgan fingerprint density at radius 3 is 2.74 bits per heavy atom. The zero-order valence-electron chi connectivity index (χ0n) is 15.0. The van der Waals surface area contributed by atoms with Crippen LogP contribution in [0.25, 0.3) is 22.2 Å². The van der Waals surface area contributed by atoms with Crippen LogP contribution in [0.4, 0.5) is 5.13 Å². The number of hydrogen-bond acceptors (Lipinski definition) is 5. The smallest absolute Gasteiger partial charge is 0.240 e. The Morgan fingerprint density at radius 1 is 1.22 bits per heavy atom. The van der Waals surface area contributed by atoms with E-state index in [1.807, 2.05) is 29.8 Å². The van der Waals surface area contributed by atoms with Crippen molar-refractivity contribution in [1.82, 2.24) is 19.8 Å². The number of rotatable bonds is 4. The lowest BCUT2D eigenvalue weighted by Crippen LogP contribution is -2.47. The number of nitrogens with one attached hydrogen (secondary N) is 2. The second-order valence-electron chi connectivity index (χ2n) is 6.41. The van der Waals surface area contributed by atoms with Gasteiger partial charge in [0.2, 0.25) is 5.91 Å². The Kier molecular flexibility index (Phi) is 7.64. The summed E-state index contributed by atoms with van der Waals surface area (Å²) >= 11 is 1.46. The monoisotopic (exact) mass is 427 g/mol. The zero-order valence-corrected chi connectivity index (χ0v) is 17.4. The summed E-state index contributed by atoms with van der Waals surface area (Å²) in [5, 5.41) is 6.72. The molecule has 3 heterocycles. The molecule has 0 aliphatic carbocycles. The average Bonchev–Trinajstić information content (AvgIpc) is 3.23. The summed E-state index contributed by atoms with van der Waals surface area (Å²) in [5.74, 6) is 0.00406. The number of fused-ring (bicyclic) bond motifs is 1. The van der Waals surface area contributed by atoms with Gasteiger partial charge in [-0.2, -0.15) is 0 Å². The van der Waals surface area contributed by atoms with Crippen molar-refractivity contribution >= 4 is 58.1 Å². The number of hydrogen-bond donors (Lipinski definition) is 2. The fraction of sp³-hybridized carbons (Fsp3) is 0.333. The fourth-order valence-corrected chi connectivity index (χ4v) is 3.83. The number of halogens is 2. The minimum Gasteiger partial charge on any atom is -0.360 e. The van der Waals surface area contributed by atoms with Crippen LogP contribution in [0.5, 0.6) is 0 Å². The molecule has 3 aromatic rings. The van der Waals surface area contributed by atoms with E-state index in [-0.39, 0.29) is 30.7 Å². The first-order valence-electron chi connectivity index (χ1n) is 8.42. The molecule has 0 unspecified atom stereocenters. The number of aromatic amines is 1. The number of amides is 1. The predicted molar refractivity (Wildman–Crippen MR) is 116 cm³/mol. The van der Waals surface area contributed by atoms with E-state index in [0.717, 1.165) is 48.3 Å². The molecule has 0 saturated carbocycles. The number of para-hydroxylation sites is 1. The van der Waals surface area contributed by atoms with Crippen LogP contribution < -0.4 is 5.32 Å². The molecule has 0 bridgehead atoms. The molecular weight excluding hydrogens is 405 g/mol. The maximum Gasteiger partial charge on any atom is 0.240 e. The van der Waals surface area contributed by atoms with Crippen molar-refractivity contribution in [2.45, 2.75) is 0 Å². The standard InChI is InChI=1S/C18H21N5OS.2ClH/c1-22-6-8-23(9-7-22)11-17(24)21-18-20-16(12-25-18)14-10-19-15-5-3-2-4-13(14)15;;/h2-5,10,12,19H,6-9,11H2,1H3,(H,20,21,24);2*1H. The van der Waals surface area contributed by atoms with Crippen molar-refractivity contribution in [1.29, 1.82) is 0 Å². The summed E-state index contributed by atoms with van der Waals surface area (Å²) in [7, 11) is 2.11. The third kappa shape index (κ3) is 5.00. The van der Waals surface area contributed by atoms with Gasteiger partial charge in [-0.25, -0.2) is 4.98 Å². The predicted octanol–water partition coefficient (Wildman–Crippen LogP) is 3.32. The first-order valence-corrected chi connectivity index (χ1v) is 9.30. The maximum absolute atomic E-state index is 12.3. The number of anilines is 1. The van der Waals surface area contributed by atoms with Crippen LogP contribution in [0.3, 0.4) is 0 Å². The molecular formula is C18H23Cl2N5OS. The SMILES string of the molecule is CN1CCN(CC(=O)Nc2nc(-c3c[nH]c4ccccc34)cs2)CC1.Cl.Cl. The second-order valence-corrected chi connectivity index (χ2v) is 7.27. The summed E-state index contributed by atoms with van der Waals surface area (Å²) in [6.45, 7) is 4.31. The molecule has 1 aliphatic rings. The fourth-order valence-electron chi connectivity index (χ4n) is 3.11. The number of piperazine rings is 1. The van der Waals surface area contributed by atoms with E-state index in [4.69, 9.17) is 0 Å². The van der Waals surface area contributed by atoms with Gasteiger partial charge in [-0.05, 0) is 13.1 Å². The summed E-state index contributed by atoms with van der Waals surface area (Å²) in [5.41, 5.74) is 3.04.